The fourth-order valence-corrected chi connectivity index (χ4v) is 3.75. The smallest absolute Gasteiger partial charge is 0.268 e. The predicted octanol–water partition coefficient (Wildman–Crippen LogP) is 4.36. The molecule has 0 spiro atoms. The molecule has 0 aromatic heterocycles. The highest BCUT2D eigenvalue weighted by molar-refractivity contribution is 5.97. The molecular weight excluding hydrogens is 388 g/mol. The summed E-state index contributed by atoms with van der Waals surface area (Å²) in [5.41, 5.74) is 2.20. The number of carbonyl (C=O) groups is 2. The molecular formula is C26H26N2O3. The maximum atomic E-state index is 13.2. The number of benzene rings is 3. The molecule has 5 nitrogen and oxygen atoms in total. The molecule has 0 saturated carbocycles. The van der Waals surface area contributed by atoms with Gasteiger partial charge in [-0.1, -0.05) is 72.8 Å². The Balaban J connectivity index is 1.56. The molecule has 2 amide bonds. The van der Waals surface area contributed by atoms with Gasteiger partial charge in [-0.05, 0) is 30.5 Å². The van der Waals surface area contributed by atoms with Crippen molar-refractivity contribution in [2.75, 3.05) is 13.1 Å². The highest BCUT2D eigenvalue weighted by atomic mass is 16.5. The van der Waals surface area contributed by atoms with Crippen molar-refractivity contribution < 1.29 is 14.3 Å². The number of rotatable bonds is 7. The van der Waals surface area contributed by atoms with Crippen molar-refractivity contribution in [3.05, 3.63) is 102 Å². The van der Waals surface area contributed by atoms with Crippen LogP contribution in [0, 0.1) is 0 Å². The maximum Gasteiger partial charge on any atom is 0.268 e. The van der Waals surface area contributed by atoms with Crippen LogP contribution in [-0.2, 0) is 11.3 Å². The fraction of sp³-hybridized carbons (Fsp3) is 0.231. The molecule has 1 aliphatic rings. The second-order valence-corrected chi connectivity index (χ2v) is 7.61. The Morgan fingerprint density at radius 3 is 2.16 bits per heavy atom. The average molecular weight is 415 g/mol. The molecule has 4 rings (SSSR count). The Hall–Kier alpha value is -3.60. The van der Waals surface area contributed by atoms with E-state index in [0.717, 1.165) is 37.1 Å². The number of nitrogens with one attached hydrogen (secondary N) is 1. The minimum absolute atomic E-state index is 0.0665. The Morgan fingerprint density at radius 2 is 1.45 bits per heavy atom. The molecule has 0 bridgehead atoms. The van der Waals surface area contributed by atoms with Gasteiger partial charge in [0.25, 0.3) is 11.8 Å². The molecule has 0 aliphatic carbocycles. The molecule has 31 heavy (non-hydrogen) atoms. The molecule has 0 unspecified atom stereocenters. The third kappa shape index (κ3) is 5.12. The molecule has 1 N–H and O–H groups in total. The van der Waals surface area contributed by atoms with Crippen LogP contribution in [0.4, 0.5) is 0 Å². The number of ether oxygens (including phenoxy) is 1. The summed E-state index contributed by atoms with van der Waals surface area (Å²) < 4.78 is 6.23. The van der Waals surface area contributed by atoms with Gasteiger partial charge in [0.1, 0.15) is 5.75 Å². The lowest BCUT2D eigenvalue weighted by atomic mass is 10.1. The summed E-state index contributed by atoms with van der Waals surface area (Å²) in [5.74, 6) is 0.0949. The van der Waals surface area contributed by atoms with Gasteiger partial charge < -0.3 is 15.0 Å². The topological polar surface area (TPSA) is 58.6 Å². The van der Waals surface area contributed by atoms with Crippen molar-refractivity contribution in [2.45, 2.75) is 25.5 Å². The van der Waals surface area contributed by atoms with E-state index in [2.05, 4.69) is 5.32 Å². The van der Waals surface area contributed by atoms with Crippen LogP contribution in [-0.4, -0.2) is 29.8 Å². The molecule has 1 aliphatic heterocycles. The lowest BCUT2D eigenvalue weighted by Crippen LogP contribution is -2.35. The molecule has 3 aromatic rings. The Labute approximate surface area is 182 Å². The predicted molar refractivity (Wildman–Crippen MR) is 120 cm³/mol. The van der Waals surface area contributed by atoms with Gasteiger partial charge in [-0.15, -0.1) is 0 Å². The van der Waals surface area contributed by atoms with Crippen LogP contribution in [0.5, 0.6) is 5.75 Å². The highest BCUT2D eigenvalue weighted by Gasteiger charge is 2.30. The van der Waals surface area contributed by atoms with Gasteiger partial charge in [-0.25, -0.2) is 0 Å². The third-order valence-electron chi connectivity index (χ3n) is 5.42. The van der Waals surface area contributed by atoms with Gasteiger partial charge in [0, 0.05) is 25.2 Å². The van der Waals surface area contributed by atoms with E-state index in [0.29, 0.717) is 17.9 Å². The first kappa shape index (κ1) is 20.7. The Morgan fingerprint density at radius 1 is 0.839 bits per heavy atom. The second-order valence-electron chi connectivity index (χ2n) is 7.61. The van der Waals surface area contributed by atoms with E-state index in [4.69, 9.17) is 4.74 Å². The van der Waals surface area contributed by atoms with Crippen LogP contribution >= 0.6 is 0 Å². The zero-order valence-electron chi connectivity index (χ0n) is 17.4. The molecule has 3 aromatic carbocycles. The fourth-order valence-electron chi connectivity index (χ4n) is 3.75. The summed E-state index contributed by atoms with van der Waals surface area (Å²) in [7, 11) is 0. The Kier molecular flexibility index (Phi) is 6.62. The third-order valence-corrected chi connectivity index (χ3v) is 5.42. The minimum atomic E-state index is -0.789. The van der Waals surface area contributed by atoms with Gasteiger partial charge in [0.2, 0.25) is 6.10 Å². The van der Waals surface area contributed by atoms with Crippen LogP contribution in [0.3, 0.4) is 0 Å². The maximum absolute atomic E-state index is 13.2. The number of hydrogen-bond acceptors (Lipinski definition) is 3. The van der Waals surface area contributed by atoms with Crippen molar-refractivity contribution >= 4 is 11.8 Å². The monoisotopic (exact) mass is 414 g/mol. The van der Waals surface area contributed by atoms with Crippen molar-refractivity contribution in [3.63, 3.8) is 0 Å². The van der Waals surface area contributed by atoms with E-state index >= 15 is 0 Å². The van der Waals surface area contributed by atoms with Crippen molar-refractivity contribution in [3.8, 4) is 5.75 Å². The van der Waals surface area contributed by atoms with Crippen molar-refractivity contribution in [1.82, 2.24) is 10.2 Å². The molecule has 0 radical (unpaired) electrons. The van der Waals surface area contributed by atoms with E-state index in [9.17, 15) is 9.59 Å². The number of nitrogens with zero attached hydrogens (tertiary/aromatic N) is 1. The number of hydrogen-bond donors (Lipinski definition) is 1. The molecule has 1 atom stereocenters. The minimum Gasteiger partial charge on any atom is -0.475 e. The van der Waals surface area contributed by atoms with E-state index in [-0.39, 0.29) is 11.8 Å². The quantitative estimate of drug-likeness (QED) is 0.625. The lowest BCUT2D eigenvalue weighted by molar-refractivity contribution is -0.138. The number of amides is 2. The molecule has 158 valence electrons. The summed E-state index contributed by atoms with van der Waals surface area (Å²) in [6, 6.07) is 26.3. The number of likely N-dealkylation sites (tertiary alicyclic amines) is 1. The number of carbonyl (C=O) groups excluding carboxylic acids is 2. The van der Waals surface area contributed by atoms with Gasteiger partial charge in [0.05, 0.1) is 5.56 Å². The van der Waals surface area contributed by atoms with Gasteiger partial charge in [0.15, 0.2) is 0 Å². The molecule has 1 fully saturated rings. The Bertz CT molecular complexity index is 1020. The summed E-state index contributed by atoms with van der Waals surface area (Å²) in [6.45, 7) is 1.90. The van der Waals surface area contributed by atoms with Gasteiger partial charge >= 0.3 is 0 Å². The van der Waals surface area contributed by atoms with Crippen LogP contribution < -0.4 is 10.1 Å². The average Bonchev–Trinajstić information content (AvgIpc) is 3.37. The largest absolute Gasteiger partial charge is 0.475 e. The zero-order valence-corrected chi connectivity index (χ0v) is 17.4. The first-order valence-corrected chi connectivity index (χ1v) is 10.6. The van der Waals surface area contributed by atoms with Gasteiger partial charge in [-0.2, -0.15) is 0 Å². The lowest BCUT2D eigenvalue weighted by Gasteiger charge is -2.25. The first-order chi connectivity index (χ1) is 15.2. The normalized spacial score (nSPS) is 14.1. The van der Waals surface area contributed by atoms with Crippen molar-refractivity contribution in [2.24, 2.45) is 0 Å². The molecule has 5 heteroatoms. The van der Waals surface area contributed by atoms with Crippen LogP contribution in [0.1, 0.15) is 40.4 Å². The SMILES string of the molecule is O=C(NCc1ccccc1)c1ccccc1O[C@H](C(=O)N1CCCC1)c1ccccc1. The zero-order chi connectivity index (χ0) is 21.5. The van der Waals surface area contributed by atoms with E-state index in [1.165, 1.54) is 0 Å². The molecule has 1 heterocycles. The molecule has 1 saturated heterocycles. The highest BCUT2D eigenvalue weighted by Crippen LogP contribution is 2.28. The van der Waals surface area contributed by atoms with Gasteiger partial charge in [-0.3, -0.25) is 9.59 Å². The second kappa shape index (κ2) is 9.94. The number of para-hydroxylation sites is 1. The van der Waals surface area contributed by atoms with E-state index in [1.54, 1.807) is 18.2 Å². The van der Waals surface area contributed by atoms with Crippen molar-refractivity contribution in [1.29, 1.82) is 0 Å². The summed E-state index contributed by atoms with van der Waals surface area (Å²) in [5, 5.41) is 2.94. The standard InChI is InChI=1S/C26H26N2O3/c29-25(27-19-20-11-3-1-4-12-20)22-15-7-8-16-23(22)31-24(21-13-5-2-6-14-21)26(30)28-17-9-10-18-28/h1-8,11-16,24H,9-10,17-19H2,(H,27,29)/t24-/m0/s1. The van der Waals surface area contributed by atoms with E-state index in [1.807, 2.05) is 71.6 Å². The van der Waals surface area contributed by atoms with Crippen LogP contribution in [0.2, 0.25) is 0 Å². The van der Waals surface area contributed by atoms with Crippen LogP contribution in [0.25, 0.3) is 0 Å². The first-order valence-electron chi connectivity index (χ1n) is 10.6. The summed E-state index contributed by atoms with van der Waals surface area (Å²) in [4.78, 5) is 28.0. The summed E-state index contributed by atoms with van der Waals surface area (Å²) >= 11 is 0. The summed E-state index contributed by atoms with van der Waals surface area (Å²) in [6.07, 6.45) is 1.22. The van der Waals surface area contributed by atoms with Crippen LogP contribution in [0.15, 0.2) is 84.9 Å². The van der Waals surface area contributed by atoms with E-state index < -0.39 is 6.10 Å².